The lowest BCUT2D eigenvalue weighted by molar-refractivity contribution is 0.145. The van der Waals surface area contributed by atoms with Crippen LogP contribution in [0.2, 0.25) is 0 Å². The van der Waals surface area contributed by atoms with E-state index in [1.165, 1.54) is 18.1 Å². The number of nitrogens with zero attached hydrogens (tertiary/aromatic N) is 3. The molecule has 0 saturated carbocycles. The third-order valence-electron chi connectivity index (χ3n) is 3.74. The molecule has 3 rings (SSSR count). The summed E-state index contributed by atoms with van der Waals surface area (Å²) in [5, 5.41) is 3.79. The smallest absolute Gasteiger partial charge is 0.414 e. The summed E-state index contributed by atoms with van der Waals surface area (Å²) >= 11 is 0. The fraction of sp³-hybridized carbons (Fsp3) is 0.429. The van der Waals surface area contributed by atoms with Gasteiger partial charge in [0.2, 0.25) is 0 Å². The molecule has 1 aromatic carbocycles. The van der Waals surface area contributed by atoms with Gasteiger partial charge in [-0.25, -0.2) is 9.18 Å². The van der Waals surface area contributed by atoms with Crippen molar-refractivity contribution in [2.75, 3.05) is 43.7 Å². The van der Waals surface area contributed by atoms with Gasteiger partial charge in [-0.05, 0) is 0 Å². The average Bonchev–Trinajstić information content (AvgIpc) is 2.91. The van der Waals surface area contributed by atoms with Gasteiger partial charge < -0.3 is 24.9 Å². The molecule has 23 heavy (non-hydrogen) atoms. The molecular formula is C14H17FN4O4. The summed E-state index contributed by atoms with van der Waals surface area (Å²) in [7, 11) is 3.07. The van der Waals surface area contributed by atoms with Gasteiger partial charge in [0, 0.05) is 25.7 Å². The van der Waals surface area contributed by atoms with Crippen molar-refractivity contribution in [1.82, 2.24) is 0 Å². The summed E-state index contributed by atoms with van der Waals surface area (Å²) in [6.45, 7) is 0.627. The number of amides is 1. The van der Waals surface area contributed by atoms with E-state index in [0.717, 1.165) is 0 Å². The first kappa shape index (κ1) is 15.3. The molecule has 1 fully saturated rings. The van der Waals surface area contributed by atoms with E-state index < -0.39 is 18.0 Å². The van der Waals surface area contributed by atoms with Crippen LogP contribution in [0.4, 0.5) is 20.6 Å². The van der Waals surface area contributed by atoms with Crippen LogP contribution in [-0.4, -0.2) is 51.9 Å². The number of carbonyl (C=O) groups excluding carboxylic acids is 1. The second-order valence-corrected chi connectivity index (χ2v) is 5.16. The SMILES string of the molecule is CON=C1COc2cc(N3C[C@H](CN)OC3=O)cc(F)c2N1C. The predicted molar refractivity (Wildman–Crippen MR) is 81.4 cm³/mol. The maximum Gasteiger partial charge on any atom is 0.414 e. The van der Waals surface area contributed by atoms with Crippen LogP contribution in [0.15, 0.2) is 17.3 Å². The molecule has 8 nitrogen and oxygen atoms in total. The van der Waals surface area contributed by atoms with E-state index in [-0.39, 0.29) is 25.4 Å². The normalized spacial score (nSPS) is 22.0. The Bertz CT molecular complexity index is 666. The number of carbonyl (C=O) groups is 1. The highest BCUT2D eigenvalue weighted by Crippen LogP contribution is 2.38. The van der Waals surface area contributed by atoms with Crippen molar-refractivity contribution in [2.24, 2.45) is 10.9 Å². The number of halogens is 1. The van der Waals surface area contributed by atoms with Gasteiger partial charge in [0.05, 0.1) is 12.2 Å². The Labute approximate surface area is 132 Å². The number of hydrogen-bond acceptors (Lipinski definition) is 6. The van der Waals surface area contributed by atoms with Crippen LogP contribution in [0.5, 0.6) is 5.75 Å². The first-order chi connectivity index (χ1) is 11.0. The zero-order chi connectivity index (χ0) is 16.6. The van der Waals surface area contributed by atoms with Crippen molar-refractivity contribution < 1.29 is 23.5 Å². The zero-order valence-corrected chi connectivity index (χ0v) is 12.8. The number of anilines is 2. The number of nitrogens with two attached hydrogens (primary N) is 1. The topological polar surface area (TPSA) is 89.6 Å². The van der Waals surface area contributed by atoms with Gasteiger partial charge in [0.1, 0.15) is 31.3 Å². The number of oxime groups is 1. The van der Waals surface area contributed by atoms with Crippen molar-refractivity contribution in [1.29, 1.82) is 0 Å². The van der Waals surface area contributed by atoms with Crippen molar-refractivity contribution >= 4 is 23.3 Å². The van der Waals surface area contributed by atoms with Crippen LogP contribution < -0.4 is 20.3 Å². The van der Waals surface area contributed by atoms with E-state index >= 15 is 0 Å². The Balaban J connectivity index is 1.95. The van der Waals surface area contributed by atoms with Crippen LogP contribution in [0.25, 0.3) is 0 Å². The Kier molecular flexibility index (Phi) is 3.95. The van der Waals surface area contributed by atoms with Crippen molar-refractivity contribution in [3.05, 3.63) is 17.9 Å². The van der Waals surface area contributed by atoms with E-state index in [1.54, 1.807) is 18.0 Å². The third-order valence-corrected chi connectivity index (χ3v) is 3.74. The monoisotopic (exact) mass is 324 g/mol. The lowest BCUT2D eigenvalue weighted by Gasteiger charge is -2.29. The summed E-state index contributed by atoms with van der Waals surface area (Å²) < 4.78 is 25.2. The minimum atomic E-state index is -0.550. The second kappa shape index (κ2) is 5.92. The van der Waals surface area contributed by atoms with Gasteiger partial charge in [0.25, 0.3) is 0 Å². The fourth-order valence-corrected chi connectivity index (χ4v) is 2.57. The van der Waals surface area contributed by atoms with Gasteiger partial charge in [-0.2, -0.15) is 0 Å². The maximum atomic E-state index is 14.5. The molecule has 124 valence electrons. The van der Waals surface area contributed by atoms with Crippen LogP contribution >= 0.6 is 0 Å². The Morgan fingerprint density at radius 3 is 2.96 bits per heavy atom. The van der Waals surface area contributed by atoms with Crippen molar-refractivity contribution in [2.45, 2.75) is 6.10 Å². The number of cyclic esters (lactones) is 1. The highest BCUT2D eigenvalue weighted by atomic mass is 19.1. The molecule has 2 aliphatic heterocycles. The van der Waals surface area contributed by atoms with Crippen molar-refractivity contribution in [3.8, 4) is 5.75 Å². The number of hydrogen-bond donors (Lipinski definition) is 1. The molecule has 2 N–H and O–H groups in total. The molecule has 1 atom stereocenters. The zero-order valence-electron chi connectivity index (χ0n) is 12.8. The molecule has 1 aromatic rings. The number of fused-ring (bicyclic) bond motifs is 1. The minimum Gasteiger partial charge on any atom is -0.483 e. The molecule has 2 heterocycles. The summed E-state index contributed by atoms with van der Waals surface area (Å²) in [4.78, 5) is 19.5. The summed E-state index contributed by atoms with van der Waals surface area (Å²) in [5.41, 5.74) is 6.10. The third kappa shape index (κ3) is 2.63. The largest absolute Gasteiger partial charge is 0.483 e. The highest BCUT2D eigenvalue weighted by Gasteiger charge is 2.34. The number of amidine groups is 1. The minimum absolute atomic E-state index is 0.135. The average molecular weight is 324 g/mol. The Morgan fingerprint density at radius 1 is 1.52 bits per heavy atom. The summed E-state index contributed by atoms with van der Waals surface area (Å²) in [6.07, 6.45) is -0.948. The first-order valence-electron chi connectivity index (χ1n) is 7.03. The Hall–Kier alpha value is -2.55. The van der Waals surface area contributed by atoms with Crippen LogP contribution in [-0.2, 0) is 9.57 Å². The Morgan fingerprint density at radius 2 is 2.30 bits per heavy atom. The molecule has 1 amide bonds. The van der Waals surface area contributed by atoms with E-state index in [9.17, 15) is 9.18 Å². The molecule has 0 bridgehead atoms. The number of rotatable bonds is 3. The van der Waals surface area contributed by atoms with Crippen molar-refractivity contribution in [3.63, 3.8) is 0 Å². The lowest BCUT2D eigenvalue weighted by atomic mass is 10.2. The molecular weight excluding hydrogens is 307 g/mol. The molecule has 0 unspecified atom stereocenters. The maximum absolute atomic E-state index is 14.5. The fourth-order valence-electron chi connectivity index (χ4n) is 2.57. The molecule has 0 spiro atoms. The van der Waals surface area contributed by atoms with Crippen LogP contribution in [0, 0.1) is 5.82 Å². The van der Waals surface area contributed by atoms with Gasteiger partial charge in [-0.1, -0.05) is 5.16 Å². The van der Waals surface area contributed by atoms with E-state index in [1.807, 2.05) is 0 Å². The highest BCUT2D eigenvalue weighted by molar-refractivity contribution is 6.02. The van der Waals surface area contributed by atoms with Gasteiger partial charge in [-0.15, -0.1) is 0 Å². The number of likely N-dealkylation sites (N-methyl/N-ethyl adjacent to an activating group) is 1. The molecule has 1 saturated heterocycles. The van der Waals surface area contributed by atoms with E-state index in [4.69, 9.17) is 20.0 Å². The van der Waals surface area contributed by atoms with Gasteiger partial charge >= 0.3 is 6.09 Å². The second-order valence-electron chi connectivity index (χ2n) is 5.16. The first-order valence-corrected chi connectivity index (χ1v) is 7.03. The molecule has 0 aliphatic carbocycles. The van der Waals surface area contributed by atoms with Crippen LogP contribution in [0.3, 0.4) is 0 Å². The van der Waals surface area contributed by atoms with Gasteiger partial charge in [0.15, 0.2) is 11.7 Å². The standard InChI is InChI=1S/C14H17FN4O4/c1-18-12(17-21-2)7-22-11-4-8(3-10(15)13(11)18)19-6-9(5-16)23-14(19)20/h3-4,9H,5-7,16H2,1-2H3/t9-/m0/s1. The van der Waals surface area contributed by atoms with E-state index in [0.29, 0.717) is 17.3 Å². The molecule has 0 radical (unpaired) electrons. The van der Waals surface area contributed by atoms with Crippen LogP contribution in [0.1, 0.15) is 0 Å². The predicted octanol–water partition coefficient (Wildman–Crippen LogP) is 0.898. The number of ether oxygens (including phenoxy) is 2. The summed E-state index contributed by atoms with van der Waals surface area (Å²) in [5.74, 6) is 0.226. The quantitative estimate of drug-likeness (QED) is 0.831. The molecule has 2 aliphatic rings. The van der Waals surface area contributed by atoms with Gasteiger partial charge in [-0.3, -0.25) is 4.90 Å². The summed E-state index contributed by atoms with van der Waals surface area (Å²) in [6, 6.07) is 2.85. The lowest BCUT2D eigenvalue weighted by Crippen LogP contribution is -2.37. The number of benzene rings is 1. The molecule has 9 heteroatoms. The van der Waals surface area contributed by atoms with E-state index in [2.05, 4.69) is 5.16 Å². The molecule has 0 aromatic heterocycles.